The van der Waals surface area contributed by atoms with E-state index in [4.69, 9.17) is 11.6 Å². The van der Waals surface area contributed by atoms with Gasteiger partial charge in [0, 0.05) is 18.3 Å². The molecule has 0 saturated heterocycles. The van der Waals surface area contributed by atoms with E-state index in [0.717, 1.165) is 11.8 Å². The van der Waals surface area contributed by atoms with Crippen molar-refractivity contribution in [2.45, 2.75) is 6.42 Å². The minimum absolute atomic E-state index is 0.151. The van der Waals surface area contributed by atoms with Gasteiger partial charge in [-0.15, -0.1) is 11.3 Å². The summed E-state index contributed by atoms with van der Waals surface area (Å²) in [6.45, 7) is 0.451. The van der Waals surface area contributed by atoms with Gasteiger partial charge in [0.05, 0.1) is 27.2 Å². The fourth-order valence-corrected chi connectivity index (χ4v) is 2.27. The normalized spacial score (nSPS) is 10.4. The number of anilines is 1. The minimum atomic E-state index is -0.807. The third-order valence-corrected chi connectivity index (χ3v) is 3.34. The monoisotopic (exact) mass is 301 g/mol. The molecule has 19 heavy (non-hydrogen) atoms. The van der Waals surface area contributed by atoms with Gasteiger partial charge >= 0.3 is 0 Å². The quantitative estimate of drug-likeness (QED) is 0.678. The summed E-state index contributed by atoms with van der Waals surface area (Å²) in [7, 11) is 0. The van der Waals surface area contributed by atoms with Crippen LogP contribution in [-0.4, -0.2) is 16.5 Å². The first-order chi connectivity index (χ1) is 9.08. The van der Waals surface area contributed by atoms with E-state index in [2.05, 4.69) is 10.3 Å². The van der Waals surface area contributed by atoms with Gasteiger partial charge in [-0.1, -0.05) is 11.6 Å². The molecule has 0 aliphatic rings. The van der Waals surface area contributed by atoms with Crippen molar-refractivity contribution in [2.75, 3.05) is 11.9 Å². The van der Waals surface area contributed by atoms with Crippen molar-refractivity contribution < 1.29 is 9.31 Å². The summed E-state index contributed by atoms with van der Waals surface area (Å²) in [5, 5.41) is 15.4. The van der Waals surface area contributed by atoms with Crippen molar-refractivity contribution in [3.05, 3.63) is 49.7 Å². The number of aromatic nitrogens is 1. The molecule has 0 bridgehead atoms. The molecule has 0 spiro atoms. The standard InChI is InChI=1S/C11H9ClFN3O2S/c12-8-3-10(11(16(17)18)4-9(8)13)14-2-1-7-5-19-6-15-7/h3-6,14H,1-2H2. The van der Waals surface area contributed by atoms with Gasteiger partial charge in [-0.25, -0.2) is 9.37 Å². The van der Waals surface area contributed by atoms with Crippen LogP contribution in [0.2, 0.25) is 5.02 Å². The van der Waals surface area contributed by atoms with E-state index in [1.54, 1.807) is 5.51 Å². The summed E-state index contributed by atoms with van der Waals surface area (Å²) in [6.07, 6.45) is 0.621. The van der Waals surface area contributed by atoms with Crippen LogP contribution >= 0.6 is 22.9 Å². The number of nitrogens with zero attached hydrogens (tertiary/aromatic N) is 2. The van der Waals surface area contributed by atoms with E-state index in [-0.39, 0.29) is 16.4 Å². The zero-order valence-corrected chi connectivity index (χ0v) is 11.2. The van der Waals surface area contributed by atoms with Crippen LogP contribution in [0.25, 0.3) is 0 Å². The smallest absolute Gasteiger partial charge is 0.295 e. The lowest BCUT2D eigenvalue weighted by Gasteiger charge is -2.07. The highest BCUT2D eigenvalue weighted by Gasteiger charge is 2.17. The average Bonchev–Trinajstić information content (AvgIpc) is 2.86. The lowest BCUT2D eigenvalue weighted by atomic mass is 10.2. The minimum Gasteiger partial charge on any atom is -0.379 e. The van der Waals surface area contributed by atoms with Crippen molar-refractivity contribution in [1.82, 2.24) is 4.98 Å². The van der Waals surface area contributed by atoms with Crippen LogP contribution in [0.5, 0.6) is 0 Å². The van der Waals surface area contributed by atoms with Crippen LogP contribution in [-0.2, 0) is 6.42 Å². The summed E-state index contributed by atoms with van der Waals surface area (Å²) in [6, 6.07) is 2.03. The Balaban J connectivity index is 2.10. The number of hydrogen-bond acceptors (Lipinski definition) is 5. The Labute approximate surface area is 117 Å². The Bertz CT molecular complexity index is 592. The van der Waals surface area contributed by atoms with E-state index in [1.807, 2.05) is 5.38 Å². The van der Waals surface area contributed by atoms with Gasteiger partial charge in [0.2, 0.25) is 0 Å². The molecular weight excluding hydrogens is 293 g/mol. The molecule has 0 fully saturated rings. The van der Waals surface area contributed by atoms with Crippen LogP contribution in [0.3, 0.4) is 0 Å². The molecular formula is C11H9ClFN3O2S. The van der Waals surface area contributed by atoms with Crippen LogP contribution in [0.15, 0.2) is 23.0 Å². The van der Waals surface area contributed by atoms with Crippen molar-refractivity contribution >= 4 is 34.3 Å². The molecule has 8 heteroatoms. The predicted molar refractivity (Wildman–Crippen MR) is 72.4 cm³/mol. The largest absolute Gasteiger partial charge is 0.379 e. The van der Waals surface area contributed by atoms with E-state index in [1.165, 1.54) is 17.4 Å². The molecule has 100 valence electrons. The zero-order valence-electron chi connectivity index (χ0n) is 9.60. The van der Waals surface area contributed by atoms with Gasteiger partial charge < -0.3 is 5.32 Å². The van der Waals surface area contributed by atoms with Crippen LogP contribution < -0.4 is 5.32 Å². The lowest BCUT2D eigenvalue weighted by molar-refractivity contribution is -0.384. The molecule has 5 nitrogen and oxygen atoms in total. The Hall–Kier alpha value is -1.73. The lowest BCUT2D eigenvalue weighted by Crippen LogP contribution is -2.07. The first kappa shape index (κ1) is 13.7. The van der Waals surface area contributed by atoms with Gasteiger partial charge in [0.1, 0.15) is 11.5 Å². The summed E-state index contributed by atoms with van der Waals surface area (Å²) in [5.74, 6) is -0.807. The van der Waals surface area contributed by atoms with Crippen LogP contribution in [0, 0.1) is 15.9 Å². The van der Waals surface area contributed by atoms with Crippen molar-refractivity contribution in [1.29, 1.82) is 0 Å². The number of hydrogen-bond donors (Lipinski definition) is 1. The topological polar surface area (TPSA) is 68.1 Å². The maximum absolute atomic E-state index is 13.2. The second-order valence-corrected chi connectivity index (χ2v) is 4.82. The molecule has 1 heterocycles. The van der Waals surface area contributed by atoms with Gasteiger partial charge in [0.15, 0.2) is 0 Å². The Morgan fingerprint density at radius 2 is 2.32 bits per heavy atom. The van der Waals surface area contributed by atoms with Gasteiger partial charge in [-0.3, -0.25) is 10.1 Å². The van der Waals surface area contributed by atoms with Crippen LogP contribution in [0.4, 0.5) is 15.8 Å². The summed E-state index contributed by atoms with van der Waals surface area (Å²) in [4.78, 5) is 14.3. The number of rotatable bonds is 5. The third kappa shape index (κ3) is 3.39. The number of nitro benzene ring substituents is 1. The summed E-state index contributed by atoms with van der Waals surface area (Å²) >= 11 is 7.10. The summed E-state index contributed by atoms with van der Waals surface area (Å²) < 4.78 is 13.2. The molecule has 0 atom stereocenters. The van der Waals surface area contributed by atoms with E-state index in [9.17, 15) is 14.5 Å². The molecule has 0 unspecified atom stereocenters. The molecule has 0 saturated carbocycles. The van der Waals surface area contributed by atoms with E-state index >= 15 is 0 Å². The molecule has 0 aliphatic heterocycles. The fraction of sp³-hybridized carbons (Fsp3) is 0.182. The first-order valence-electron chi connectivity index (χ1n) is 5.32. The maximum Gasteiger partial charge on any atom is 0.295 e. The molecule has 2 rings (SSSR count). The zero-order chi connectivity index (χ0) is 13.8. The highest BCUT2D eigenvalue weighted by atomic mass is 35.5. The third-order valence-electron chi connectivity index (χ3n) is 2.42. The van der Waals surface area contributed by atoms with E-state index in [0.29, 0.717) is 13.0 Å². The second-order valence-electron chi connectivity index (χ2n) is 3.70. The fourth-order valence-electron chi connectivity index (χ4n) is 1.52. The second kappa shape index (κ2) is 5.94. The molecule has 0 radical (unpaired) electrons. The number of nitro groups is 1. The Kier molecular flexibility index (Phi) is 4.28. The number of benzene rings is 1. The molecule has 1 aromatic carbocycles. The molecule has 0 amide bonds. The van der Waals surface area contributed by atoms with Gasteiger partial charge in [0.25, 0.3) is 5.69 Å². The molecule has 2 aromatic rings. The molecule has 0 aliphatic carbocycles. The Morgan fingerprint density at radius 3 is 2.95 bits per heavy atom. The molecule has 1 aromatic heterocycles. The Morgan fingerprint density at radius 1 is 1.53 bits per heavy atom. The number of nitrogens with one attached hydrogen (secondary N) is 1. The highest BCUT2D eigenvalue weighted by molar-refractivity contribution is 7.07. The number of halogens is 2. The predicted octanol–water partition coefficient (Wildman–Crippen LogP) is 3.50. The summed E-state index contributed by atoms with van der Waals surface area (Å²) in [5.41, 5.74) is 2.48. The highest BCUT2D eigenvalue weighted by Crippen LogP contribution is 2.30. The maximum atomic E-state index is 13.2. The van der Waals surface area contributed by atoms with Crippen molar-refractivity contribution in [2.24, 2.45) is 0 Å². The average molecular weight is 302 g/mol. The van der Waals surface area contributed by atoms with E-state index < -0.39 is 10.7 Å². The molecule has 1 N–H and O–H groups in total. The van der Waals surface area contributed by atoms with Crippen molar-refractivity contribution in [3.8, 4) is 0 Å². The SMILES string of the molecule is O=[N+]([O-])c1cc(F)c(Cl)cc1NCCc1cscn1. The van der Waals surface area contributed by atoms with Crippen LogP contribution in [0.1, 0.15) is 5.69 Å². The van der Waals surface area contributed by atoms with Gasteiger partial charge in [-0.2, -0.15) is 0 Å². The first-order valence-corrected chi connectivity index (χ1v) is 6.64. The van der Waals surface area contributed by atoms with Crippen molar-refractivity contribution in [3.63, 3.8) is 0 Å². The van der Waals surface area contributed by atoms with Gasteiger partial charge in [-0.05, 0) is 6.07 Å². The number of thiazole rings is 1.